The fourth-order valence-electron chi connectivity index (χ4n) is 1.69. The molecular formula is C11H21ClN2O. The Bertz CT molecular complexity index is 241. The van der Waals surface area contributed by atoms with Gasteiger partial charge in [0.1, 0.15) is 0 Å². The summed E-state index contributed by atoms with van der Waals surface area (Å²) in [6.45, 7) is 6.89. The molecule has 0 radical (unpaired) electrons. The molecule has 0 bridgehead atoms. The van der Waals surface area contributed by atoms with E-state index in [9.17, 15) is 4.79 Å². The second-order valence-electron chi connectivity index (χ2n) is 4.02. The van der Waals surface area contributed by atoms with Crippen LogP contribution in [0.3, 0.4) is 0 Å². The van der Waals surface area contributed by atoms with Gasteiger partial charge in [0.05, 0.1) is 0 Å². The van der Waals surface area contributed by atoms with Crippen molar-refractivity contribution in [3.8, 4) is 0 Å². The van der Waals surface area contributed by atoms with Crippen LogP contribution in [-0.4, -0.2) is 24.5 Å². The van der Waals surface area contributed by atoms with Gasteiger partial charge in [0.2, 0.25) is 5.91 Å². The van der Waals surface area contributed by atoms with Crippen molar-refractivity contribution in [1.82, 2.24) is 10.6 Å². The molecule has 2 N–H and O–H groups in total. The number of hydrogen-bond donors (Lipinski definition) is 2. The molecule has 88 valence electrons. The van der Waals surface area contributed by atoms with Gasteiger partial charge in [-0.1, -0.05) is 6.08 Å². The maximum Gasteiger partial charge on any atom is 0.246 e. The second-order valence-corrected chi connectivity index (χ2v) is 4.02. The lowest BCUT2D eigenvalue weighted by Gasteiger charge is -2.28. The maximum atomic E-state index is 11.5. The molecule has 1 fully saturated rings. The van der Waals surface area contributed by atoms with Gasteiger partial charge in [-0.05, 0) is 40.2 Å². The summed E-state index contributed by atoms with van der Waals surface area (Å²) in [4.78, 5) is 11.5. The van der Waals surface area contributed by atoms with Gasteiger partial charge in [0.25, 0.3) is 0 Å². The zero-order valence-electron chi connectivity index (χ0n) is 9.67. The molecule has 1 aliphatic rings. The van der Waals surface area contributed by atoms with Gasteiger partial charge in [-0.2, -0.15) is 0 Å². The van der Waals surface area contributed by atoms with Crippen molar-refractivity contribution in [3.63, 3.8) is 0 Å². The standard InChI is InChI=1S/C11H20N2O.ClH/c1-4-8(2)11(14)13-10-5-6-12-9(3)7-10;/h4,9-10,12H,5-7H2,1-3H3,(H,13,14);1H/b8-4-;. The van der Waals surface area contributed by atoms with E-state index in [0.29, 0.717) is 12.1 Å². The number of nitrogens with one attached hydrogen (secondary N) is 2. The molecule has 3 nitrogen and oxygen atoms in total. The van der Waals surface area contributed by atoms with E-state index in [-0.39, 0.29) is 18.3 Å². The number of carbonyl (C=O) groups excluding carboxylic acids is 1. The molecule has 4 heteroatoms. The van der Waals surface area contributed by atoms with Crippen LogP contribution in [0.15, 0.2) is 11.6 Å². The van der Waals surface area contributed by atoms with Crippen molar-refractivity contribution in [2.75, 3.05) is 6.54 Å². The van der Waals surface area contributed by atoms with E-state index < -0.39 is 0 Å². The van der Waals surface area contributed by atoms with Crippen molar-refractivity contribution in [1.29, 1.82) is 0 Å². The zero-order chi connectivity index (χ0) is 10.6. The third kappa shape index (κ3) is 4.67. The average molecular weight is 233 g/mol. The molecular weight excluding hydrogens is 212 g/mol. The van der Waals surface area contributed by atoms with Gasteiger partial charge < -0.3 is 10.6 Å². The van der Waals surface area contributed by atoms with Crippen LogP contribution in [-0.2, 0) is 4.79 Å². The molecule has 0 aliphatic carbocycles. The lowest BCUT2D eigenvalue weighted by atomic mass is 10.0. The first-order valence-electron chi connectivity index (χ1n) is 5.30. The Morgan fingerprint density at radius 2 is 2.20 bits per heavy atom. The molecule has 15 heavy (non-hydrogen) atoms. The van der Waals surface area contributed by atoms with Gasteiger partial charge in [-0.3, -0.25) is 4.79 Å². The number of amides is 1. The van der Waals surface area contributed by atoms with E-state index >= 15 is 0 Å². The fraction of sp³-hybridized carbons (Fsp3) is 0.727. The normalized spacial score (nSPS) is 26.7. The summed E-state index contributed by atoms with van der Waals surface area (Å²) in [5, 5.41) is 6.42. The summed E-state index contributed by atoms with van der Waals surface area (Å²) in [6.07, 6.45) is 3.91. The summed E-state index contributed by atoms with van der Waals surface area (Å²) < 4.78 is 0. The van der Waals surface area contributed by atoms with Gasteiger partial charge in [0.15, 0.2) is 0 Å². The fourth-order valence-corrected chi connectivity index (χ4v) is 1.69. The topological polar surface area (TPSA) is 41.1 Å². The predicted molar refractivity (Wildman–Crippen MR) is 65.3 cm³/mol. The summed E-state index contributed by atoms with van der Waals surface area (Å²) in [5.41, 5.74) is 0.802. The highest BCUT2D eigenvalue weighted by Gasteiger charge is 2.19. The third-order valence-corrected chi connectivity index (χ3v) is 2.75. The Hall–Kier alpha value is -0.540. The van der Waals surface area contributed by atoms with Crippen LogP contribution in [0.5, 0.6) is 0 Å². The molecule has 2 unspecified atom stereocenters. The Kier molecular flexibility index (Phi) is 6.61. The summed E-state index contributed by atoms with van der Waals surface area (Å²) in [5.74, 6) is 0.0756. The molecule has 0 aromatic carbocycles. The molecule has 1 heterocycles. The number of rotatable bonds is 2. The first-order chi connectivity index (χ1) is 6.63. The highest BCUT2D eigenvalue weighted by molar-refractivity contribution is 5.92. The van der Waals surface area contributed by atoms with Gasteiger partial charge in [-0.15, -0.1) is 12.4 Å². The molecule has 1 saturated heterocycles. The van der Waals surface area contributed by atoms with Crippen LogP contribution in [0.1, 0.15) is 33.6 Å². The third-order valence-electron chi connectivity index (χ3n) is 2.75. The van der Waals surface area contributed by atoms with Crippen molar-refractivity contribution >= 4 is 18.3 Å². The van der Waals surface area contributed by atoms with Crippen LogP contribution in [0.25, 0.3) is 0 Å². The van der Waals surface area contributed by atoms with Crippen LogP contribution in [0.2, 0.25) is 0 Å². The Morgan fingerprint density at radius 1 is 1.53 bits per heavy atom. The van der Waals surface area contributed by atoms with Crippen molar-refractivity contribution in [3.05, 3.63) is 11.6 Å². The Balaban J connectivity index is 0.00000196. The summed E-state index contributed by atoms with van der Waals surface area (Å²) in [6, 6.07) is 0.855. The van der Waals surface area contributed by atoms with E-state index in [4.69, 9.17) is 0 Å². The van der Waals surface area contributed by atoms with Crippen LogP contribution in [0, 0.1) is 0 Å². The quantitative estimate of drug-likeness (QED) is 0.711. The number of hydrogen-bond acceptors (Lipinski definition) is 2. The highest BCUT2D eigenvalue weighted by atomic mass is 35.5. The summed E-state index contributed by atoms with van der Waals surface area (Å²) >= 11 is 0. The SMILES string of the molecule is C/C=C(/C)C(=O)NC1CCNC(C)C1.Cl. The van der Waals surface area contributed by atoms with Crippen LogP contribution < -0.4 is 10.6 Å². The molecule has 2 atom stereocenters. The van der Waals surface area contributed by atoms with Crippen molar-refractivity contribution in [2.45, 2.75) is 45.7 Å². The maximum absolute atomic E-state index is 11.5. The number of allylic oxidation sites excluding steroid dienone is 1. The second kappa shape index (κ2) is 6.85. The minimum atomic E-state index is 0. The van der Waals surface area contributed by atoms with E-state index in [1.165, 1.54) is 0 Å². The van der Waals surface area contributed by atoms with Crippen LogP contribution in [0.4, 0.5) is 0 Å². The Morgan fingerprint density at radius 3 is 2.73 bits per heavy atom. The van der Waals surface area contributed by atoms with Gasteiger partial charge in [0, 0.05) is 17.7 Å². The number of halogens is 1. The lowest BCUT2D eigenvalue weighted by molar-refractivity contribution is -0.118. The summed E-state index contributed by atoms with van der Waals surface area (Å²) in [7, 11) is 0. The monoisotopic (exact) mass is 232 g/mol. The van der Waals surface area contributed by atoms with Gasteiger partial charge in [-0.25, -0.2) is 0 Å². The predicted octanol–water partition coefficient (Wildman–Crippen LogP) is 1.63. The van der Waals surface area contributed by atoms with E-state index in [1.54, 1.807) is 0 Å². The minimum Gasteiger partial charge on any atom is -0.349 e. The van der Waals surface area contributed by atoms with E-state index in [2.05, 4.69) is 17.6 Å². The Labute approximate surface area is 98.1 Å². The molecule has 0 aromatic rings. The molecule has 0 saturated carbocycles. The minimum absolute atomic E-state index is 0. The molecule has 1 rings (SSSR count). The zero-order valence-corrected chi connectivity index (χ0v) is 10.5. The first kappa shape index (κ1) is 14.5. The average Bonchev–Trinajstić information content (AvgIpc) is 2.16. The van der Waals surface area contributed by atoms with Crippen LogP contribution >= 0.6 is 12.4 Å². The lowest BCUT2D eigenvalue weighted by Crippen LogP contribution is -2.46. The van der Waals surface area contributed by atoms with Crippen molar-refractivity contribution < 1.29 is 4.79 Å². The van der Waals surface area contributed by atoms with Gasteiger partial charge >= 0.3 is 0 Å². The molecule has 0 spiro atoms. The first-order valence-corrected chi connectivity index (χ1v) is 5.30. The van der Waals surface area contributed by atoms with E-state index in [1.807, 2.05) is 19.9 Å². The molecule has 1 amide bonds. The molecule has 0 aromatic heterocycles. The highest BCUT2D eigenvalue weighted by Crippen LogP contribution is 2.08. The number of piperidine rings is 1. The molecule has 1 aliphatic heterocycles. The smallest absolute Gasteiger partial charge is 0.246 e. The number of carbonyl (C=O) groups is 1. The van der Waals surface area contributed by atoms with Crippen molar-refractivity contribution in [2.24, 2.45) is 0 Å². The largest absolute Gasteiger partial charge is 0.349 e. The van der Waals surface area contributed by atoms with E-state index in [0.717, 1.165) is 25.0 Å².